The summed E-state index contributed by atoms with van der Waals surface area (Å²) in [5.41, 5.74) is 9.20. The molecule has 114 valence electrons. The number of rotatable bonds is 5. The molecule has 3 atom stereocenters. The van der Waals surface area contributed by atoms with Gasteiger partial charge in [0.1, 0.15) is 6.10 Å². The number of azide groups is 1. The molecular formula is C12H15N3O5S. The Bertz CT molecular complexity index is 615. The van der Waals surface area contributed by atoms with Gasteiger partial charge in [0.05, 0.1) is 25.5 Å². The molecule has 0 N–H and O–H groups in total. The Kier molecular flexibility index (Phi) is 5.16. The minimum absolute atomic E-state index is 0.0260. The zero-order valence-corrected chi connectivity index (χ0v) is 12.1. The van der Waals surface area contributed by atoms with E-state index in [9.17, 15) is 8.42 Å². The molecule has 0 unspecified atom stereocenters. The van der Waals surface area contributed by atoms with Crippen LogP contribution in [0.5, 0.6) is 0 Å². The molecule has 0 amide bonds. The van der Waals surface area contributed by atoms with Crippen molar-refractivity contribution >= 4 is 10.1 Å². The molecule has 9 heteroatoms. The van der Waals surface area contributed by atoms with Gasteiger partial charge in [0, 0.05) is 10.5 Å². The maximum atomic E-state index is 11.2. The first-order valence-electron chi connectivity index (χ1n) is 6.21. The molecule has 0 spiro atoms. The average Bonchev–Trinajstić information content (AvgIpc) is 2.45. The number of nitrogens with zero attached hydrogens (tertiary/aromatic N) is 3. The Morgan fingerprint density at radius 2 is 2.14 bits per heavy atom. The second kappa shape index (κ2) is 6.88. The molecule has 1 fully saturated rings. The Balaban J connectivity index is 2.12. The van der Waals surface area contributed by atoms with E-state index in [1.54, 1.807) is 0 Å². The third-order valence-corrected chi connectivity index (χ3v) is 3.42. The summed E-state index contributed by atoms with van der Waals surface area (Å²) >= 11 is 0. The van der Waals surface area contributed by atoms with E-state index in [-0.39, 0.29) is 13.2 Å². The van der Waals surface area contributed by atoms with Crippen molar-refractivity contribution in [2.75, 3.05) is 19.4 Å². The average molecular weight is 313 g/mol. The molecule has 0 radical (unpaired) electrons. The van der Waals surface area contributed by atoms with Crippen LogP contribution in [0.15, 0.2) is 35.4 Å². The quantitative estimate of drug-likeness (QED) is 0.356. The van der Waals surface area contributed by atoms with Crippen LogP contribution < -0.4 is 0 Å². The summed E-state index contributed by atoms with van der Waals surface area (Å²) in [6.45, 7) is -0.0123. The van der Waals surface area contributed by atoms with E-state index in [1.807, 2.05) is 30.3 Å². The van der Waals surface area contributed by atoms with Crippen molar-refractivity contribution in [1.29, 1.82) is 0 Å². The summed E-state index contributed by atoms with van der Waals surface area (Å²) in [7, 11) is -3.66. The number of benzene rings is 1. The van der Waals surface area contributed by atoms with Crippen LogP contribution in [0.1, 0.15) is 11.9 Å². The molecule has 1 aliphatic heterocycles. The first kappa shape index (κ1) is 15.7. The summed E-state index contributed by atoms with van der Waals surface area (Å²) in [6, 6.07) is 9.19. The Morgan fingerprint density at radius 3 is 2.76 bits per heavy atom. The smallest absolute Gasteiger partial charge is 0.264 e. The van der Waals surface area contributed by atoms with Crippen LogP contribution in [0.4, 0.5) is 0 Å². The van der Waals surface area contributed by atoms with Crippen LogP contribution in [0.2, 0.25) is 0 Å². The molecule has 21 heavy (non-hydrogen) atoms. The molecule has 1 aromatic rings. The molecule has 0 saturated carbocycles. The SMILES string of the molecule is CS(=O)(=O)O[C@@H]1CO[C@@H](c2ccccc2)O[C@H]1CN=[N+]=[N-]. The minimum Gasteiger partial charge on any atom is -0.346 e. The van der Waals surface area contributed by atoms with Crippen molar-refractivity contribution in [3.05, 3.63) is 46.3 Å². The van der Waals surface area contributed by atoms with Gasteiger partial charge in [-0.15, -0.1) is 0 Å². The highest BCUT2D eigenvalue weighted by Gasteiger charge is 2.35. The zero-order chi connectivity index (χ0) is 15.3. The largest absolute Gasteiger partial charge is 0.346 e. The Morgan fingerprint density at radius 1 is 1.43 bits per heavy atom. The van der Waals surface area contributed by atoms with Crippen LogP contribution in [-0.2, 0) is 23.8 Å². The summed E-state index contributed by atoms with van der Waals surface area (Å²) in [4.78, 5) is 2.66. The van der Waals surface area contributed by atoms with Gasteiger partial charge in [0.15, 0.2) is 6.29 Å². The van der Waals surface area contributed by atoms with Gasteiger partial charge in [-0.1, -0.05) is 35.4 Å². The third kappa shape index (κ3) is 4.69. The van der Waals surface area contributed by atoms with Gasteiger partial charge in [-0.25, -0.2) is 0 Å². The molecule has 1 aromatic carbocycles. The zero-order valence-electron chi connectivity index (χ0n) is 11.3. The van der Waals surface area contributed by atoms with Gasteiger partial charge >= 0.3 is 0 Å². The lowest BCUT2D eigenvalue weighted by Crippen LogP contribution is -2.44. The molecule has 8 nitrogen and oxygen atoms in total. The van der Waals surface area contributed by atoms with Crippen LogP contribution in [0.25, 0.3) is 10.4 Å². The van der Waals surface area contributed by atoms with Gasteiger partial charge < -0.3 is 9.47 Å². The summed E-state index contributed by atoms with van der Waals surface area (Å²) < 4.78 is 38.5. The van der Waals surface area contributed by atoms with Crippen molar-refractivity contribution in [1.82, 2.24) is 0 Å². The standard InChI is InChI=1S/C12H15N3O5S/c1-21(16,17)20-11-8-18-12(9-5-3-2-4-6-9)19-10(11)7-14-15-13/h2-6,10-12H,7-8H2,1H3/t10-,11+,12+/m0/s1. The monoisotopic (exact) mass is 313 g/mol. The number of hydrogen-bond acceptors (Lipinski definition) is 6. The highest BCUT2D eigenvalue weighted by molar-refractivity contribution is 7.86. The lowest BCUT2D eigenvalue weighted by atomic mass is 10.1. The Hall–Kier alpha value is -1.64. The molecule has 1 saturated heterocycles. The normalized spacial score (nSPS) is 26.0. The lowest BCUT2D eigenvalue weighted by Gasteiger charge is -2.35. The molecule has 2 rings (SSSR count). The van der Waals surface area contributed by atoms with Crippen molar-refractivity contribution in [2.45, 2.75) is 18.5 Å². The lowest BCUT2D eigenvalue weighted by molar-refractivity contribution is -0.247. The fraction of sp³-hybridized carbons (Fsp3) is 0.500. The van der Waals surface area contributed by atoms with Crippen LogP contribution in [0, 0.1) is 0 Å². The maximum absolute atomic E-state index is 11.2. The first-order valence-corrected chi connectivity index (χ1v) is 8.02. The van der Waals surface area contributed by atoms with E-state index >= 15 is 0 Å². The van der Waals surface area contributed by atoms with Crippen molar-refractivity contribution in [3.8, 4) is 0 Å². The van der Waals surface area contributed by atoms with E-state index < -0.39 is 28.6 Å². The number of hydrogen-bond donors (Lipinski definition) is 0. The predicted octanol–water partition coefficient (Wildman–Crippen LogP) is 1.76. The number of ether oxygens (including phenoxy) is 2. The van der Waals surface area contributed by atoms with Gasteiger partial charge in [-0.2, -0.15) is 8.42 Å². The third-order valence-electron chi connectivity index (χ3n) is 2.82. The van der Waals surface area contributed by atoms with Gasteiger partial charge in [0.25, 0.3) is 10.1 Å². The fourth-order valence-electron chi connectivity index (χ4n) is 1.95. The topological polar surface area (TPSA) is 111 Å². The first-order chi connectivity index (χ1) is 9.99. The van der Waals surface area contributed by atoms with Gasteiger partial charge in [-0.3, -0.25) is 4.18 Å². The van der Waals surface area contributed by atoms with Crippen molar-refractivity contribution < 1.29 is 22.1 Å². The highest BCUT2D eigenvalue weighted by atomic mass is 32.2. The molecule has 1 heterocycles. The summed E-state index contributed by atoms with van der Waals surface area (Å²) in [5, 5.41) is 3.43. The molecule has 0 aliphatic carbocycles. The predicted molar refractivity (Wildman–Crippen MR) is 73.7 cm³/mol. The molecule has 0 bridgehead atoms. The molecule has 0 aromatic heterocycles. The van der Waals surface area contributed by atoms with E-state index in [0.717, 1.165) is 11.8 Å². The second-order valence-corrected chi connectivity index (χ2v) is 6.10. The van der Waals surface area contributed by atoms with Crippen LogP contribution >= 0.6 is 0 Å². The van der Waals surface area contributed by atoms with Crippen LogP contribution in [0.3, 0.4) is 0 Å². The Labute approximate surface area is 122 Å². The summed E-state index contributed by atoms with van der Waals surface area (Å²) in [5.74, 6) is 0. The summed E-state index contributed by atoms with van der Waals surface area (Å²) in [6.07, 6.45) is -1.24. The highest BCUT2D eigenvalue weighted by Crippen LogP contribution is 2.28. The van der Waals surface area contributed by atoms with Crippen molar-refractivity contribution in [2.24, 2.45) is 5.11 Å². The molecular weight excluding hydrogens is 298 g/mol. The van der Waals surface area contributed by atoms with E-state index in [4.69, 9.17) is 19.2 Å². The minimum atomic E-state index is -3.66. The van der Waals surface area contributed by atoms with E-state index in [2.05, 4.69) is 10.0 Å². The van der Waals surface area contributed by atoms with E-state index in [0.29, 0.717) is 0 Å². The van der Waals surface area contributed by atoms with Crippen molar-refractivity contribution in [3.63, 3.8) is 0 Å². The van der Waals surface area contributed by atoms with E-state index in [1.165, 1.54) is 0 Å². The molecule has 1 aliphatic rings. The maximum Gasteiger partial charge on any atom is 0.264 e. The second-order valence-electron chi connectivity index (χ2n) is 4.50. The van der Waals surface area contributed by atoms with Gasteiger partial charge in [-0.05, 0) is 5.53 Å². The fourth-order valence-corrected chi connectivity index (χ4v) is 2.58. The van der Waals surface area contributed by atoms with Crippen LogP contribution in [-0.4, -0.2) is 40.0 Å². The van der Waals surface area contributed by atoms with Gasteiger partial charge in [0.2, 0.25) is 0 Å².